The summed E-state index contributed by atoms with van der Waals surface area (Å²) in [5, 5.41) is 9.06. The summed E-state index contributed by atoms with van der Waals surface area (Å²) in [7, 11) is 1.67. The quantitative estimate of drug-likeness (QED) is 0.857. The Morgan fingerprint density at radius 2 is 2.39 bits per heavy atom. The first kappa shape index (κ1) is 13.1. The Hall–Kier alpha value is -1.36. The van der Waals surface area contributed by atoms with Crippen molar-refractivity contribution in [2.45, 2.75) is 45.1 Å². The van der Waals surface area contributed by atoms with Gasteiger partial charge in [0.1, 0.15) is 11.4 Å². The molecule has 2 rings (SSSR count). The molecule has 1 aliphatic carbocycles. The van der Waals surface area contributed by atoms with E-state index in [0.717, 1.165) is 30.1 Å². The molecule has 0 aliphatic heterocycles. The van der Waals surface area contributed by atoms with Crippen LogP contribution in [0.15, 0.2) is 0 Å². The molecule has 5 heteroatoms. The molecule has 100 valence electrons. The molecule has 0 saturated heterocycles. The van der Waals surface area contributed by atoms with Gasteiger partial charge in [0.15, 0.2) is 0 Å². The number of H-pyrrole nitrogens is 1. The Morgan fingerprint density at radius 1 is 1.67 bits per heavy atom. The number of ether oxygens (including phenoxy) is 1. The lowest BCUT2D eigenvalue weighted by Gasteiger charge is -2.23. The monoisotopic (exact) mass is 252 g/mol. The zero-order chi connectivity index (χ0) is 13.3. The molecule has 5 nitrogen and oxygen atoms in total. The standard InChI is InChI=1S/C13H20N2O3/c1-4-13(2,18-3)12-14-9-6-5-8(11(16)17)7-10(9)15-12/h8H,4-7H2,1-3H3,(H,14,15)(H,16,17). The topological polar surface area (TPSA) is 75.2 Å². The van der Waals surface area contributed by atoms with Crippen LogP contribution in [0.3, 0.4) is 0 Å². The highest BCUT2D eigenvalue weighted by Crippen LogP contribution is 2.30. The second-order valence-electron chi connectivity index (χ2n) is 5.08. The fourth-order valence-electron chi connectivity index (χ4n) is 2.35. The lowest BCUT2D eigenvalue weighted by molar-refractivity contribution is -0.142. The van der Waals surface area contributed by atoms with Crippen molar-refractivity contribution in [3.05, 3.63) is 17.2 Å². The van der Waals surface area contributed by atoms with Gasteiger partial charge in [-0.3, -0.25) is 4.79 Å². The summed E-state index contributed by atoms with van der Waals surface area (Å²) < 4.78 is 5.51. The first-order valence-corrected chi connectivity index (χ1v) is 6.36. The van der Waals surface area contributed by atoms with E-state index in [0.29, 0.717) is 12.8 Å². The van der Waals surface area contributed by atoms with Gasteiger partial charge in [-0.15, -0.1) is 0 Å². The van der Waals surface area contributed by atoms with E-state index in [1.54, 1.807) is 7.11 Å². The van der Waals surface area contributed by atoms with E-state index in [9.17, 15) is 4.79 Å². The Kier molecular flexibility index (Phi) is 3.43. The van der Waals surface area contributed by atoms with E-state index in [2.05, 4.69) is 9.97 Å². The van der Waals surface area contributed by atoms with Crippen molar-refractivity contribution >= 4 is 5.97 Å². The first-order valence-electron chi connectivity index (χ1n) is 6.36. The van der Waals surface area contributed by atoms with Crippen LogP contribution in [0.5, 0.6) is 0 Å². The van der Waals surface area contributed by atoms with Crippen LogP contribution < -0.4 is 0 Å². The molecule has 2 unspecified atom stereocenters. The molecular formula is C13H20N2O3. The van der Waals surface area contributed by atoms with Gasteiger partial charge in [-0.2, -0.15) is 0 Å². The maximum Gasteiger partial charge on any atom is 0.306 e. The molecule has 0 saturated carbocycles. The summed E-state index contributed by atoms with van der Waals surface area (Å²) in [5.74, 6) is -0.202. The summed E-state index contributed by atoms with van der Waals surface area (Å²) in [4.78, 5) is 18.9. The van der Waals surface area contributed by atoms with Crippen molar-refractivity contribution in [3.63, 3.8) is 0 Å². The number of methoxy groups -OCH3 is 1. The van der Waals surface area contributed by atoms with E-state index in [1.807, 2.05) is 13.8 Å². The highest BCUT2D eigenvalue weighted by molar-refractivity contribution is 5.70. The number of nitrogens with zero attached hydrogens (tertiary/aromatic N) is 1. The molecule has 0 amide bonds. The zero-order valence-electron chi connectivity index (χ0n) is 11.1. The second-order valence-corrected chi connectivity index (χ2v) is 5.08. The van der Waals surface area contributed by atoms with E-state index in [-0.39, 0.29) is 5.92 Å². The maximum atomic E-state index is 11.0. The molecular weight excluding hydrogens is 232 g/mol. The largest absolute Gasteiger partial charge is 0.481 e. The highest BCUT2D eigenvalue weighted by Gasteiger charge is 2.32. The second kappa shape index (κ2) is 4.72. The molecule has 0 bridgehead atoms. The summed E-state index contributed by atoms with van der Waals surface area (Å²) in [6.07, 6.45) is 2.76. The van der Waals surface area contributed by atoms with Crippen LogP contribution in [-0.4, -0.2) is 28.2 Å². The minimum atomic E-state index is -0.721. The normalized spacial score (nSPS) is 22.3. The number of aryl methyl sites for hydroxylation is 1. The molecule has 2 atom stereocenters. The third kappa shape index (κ3) is 2.14. The van der Waals surface area contributed by atoms with Gasteiger partial charge in [-0.1, -0.05) is 6.92 Å². The summed E-state index contributed by atoms with van der Waals surface area (Å²) >= 11 is 0. The number of rotatable bonds is 4. The van der Waals surface area contributed by atoms with Crippen LogP contribution in [0.1, 0.15) is 43.9 Å². The van der Waals surface area contributed by atoms with Gasteiger partial charge in [0.2, 0.25) is 0 Å². The summed E-state index contributed by atoms with van der Waals surface area (Å²) in [5.41, 5.74) is 1.54. The molecule has 2 N–H and O–H groups in total. The fourth-order valence-corrected chi connectivity index (χ4v) is 2.35. The van der Waals surface area contributed by atoms with Crippen molar-refractivity contribution in [3.8, 4) is 0 Å². The molecule has 0 spiro atoms. The minimum absolute atomic E-state index is 0.291. The van der Waals surface area contributed by atoms with Gasteiger partial charge in [0, 0.05) is 19.2 Å². The zero-order valence-corrected chi connectivity index (χ0v) is 11.1. The number of carboxylic acid groups (broad SMARTS) is 1. The van der Waals surface area contributed by atoms with Gasteiger partial charge in [0.25, 0.3) is 0 Å². The van der Waals surface area contributed by atoms with Crippen LogP contribution in [0, 0.1) is 5.92 Å². The predicted octanol–water partition coefficient (Wildman–Crippen LogP) is 1.87. The molecule has 0 aromatic carbocycles. The molecule has 1 heterocycles. The number of fused-ring (bicyclic) bond motifs is 1. The van der Waals surface area contributed by atoms with E-state index < -0.39 is 11.6 Å². The van der Waals surface area contributed by atoms with Crippen LogP contribution in [0.4, 0.5) is 0 Å². The average Bonchev–Trinajstić information content (AvgIpc) is 2.80. The van der Waals surface area contributed by atoms with Gasteiger partial charge < -0.3 is 14.8 Å². The lowest BCUT2D eigenvalue weighted by Crippen LogP contribution is -2.25. The van der Waals surface area contributed by atoms with Crippen LogP contribution >= 0.6 is 0 Å². The number of nitrogens with one attached hydrogen (secondary N) is 1. The van der Waals surface area contributed by atoms with Gasteiger partial charge in [0.05, 0.1) is 11.6 Å². The van der Waals surface area contributed by atoms with Gasteiger partial charge in [-0.25, -0.2) is 4.98 Å². The van der Waals surface area contributed by atoms with E-state index >= 15 is 0 Å². The number of carboxylic acids is 1. The van der Waals surface area contributed by atoms with Gasteiger partial charge in [-0.05, 0) is 26.2 Å². The Balaban J connectivity index is 2.27. The minimum Gasteiger partial charge on any atom is -0.481 e. The maximum absolute atomic E-state index is 11.0. The molecule has 1 aromatic rings. The Labute approximate surface area is 107 Å². The van der Waals surface area contributed by atoms with E-state index in [1.165, 1.54) is 0 Å². The number of carbonyl (C=O) groups is 1. The SMILES string of the molecule is CCC(C)(OC)c1nc2c([nH]1)CC(C(=O)O)CC2. The van der Waals surface area contributed by atoms with Gasteiger partial charge >= 0.3 is 5.97 Å². The number of aromatic amines is 1. The lowest BCUT2D eigenvalue weighted by atomic mass is 9.90. The first-order chi connectivity index (χ1) is 8.50. The molecule has 0 radical (unpaired) electrons. The van der Waals surface area contributed by atoms with Crippen molar-refractivity contribution in [1.82, 2.24) is 9.97 Å². The van der Waals surface area contributed by atoms with Crippen molar-refractivity contribution in [1.29, 1.82) is 0 Å². The number of hydrogen-bond donors (Lipinski definition) is 2. The fraction of sp³-hybridized carbons (Fsp3) is 0.692. The van der Waals surface area contributed by atoms with Crippen LogP contribution in [0.2, 0.25) is 0 Å². The molecule has 0 fully saturated rings. The molecule has 18 heavy (non-hydrogen) atoms. The van der Waals surface area contributed by atoms with Crippen molar-refractivity contribution in [2.24, 2.45) is 5.92 Å². The van der Waals surface area contributed by atoms with E-state index in [4.69, 9.17) is 9.84 Å². The molecule has 1 aromatic heterocycles. The number of aromatic nitrogens is 2. The van der Waals surface area contributed by atoms with Crippen LogP contribution in [0.25, 0.3) is 0 Å². The third-order valence-corrected chi connectivity index (χ3v) is 4.02. The van der Waals surface area contributed by atoms with Crippen molar-refractivity contribution < 1.29 is 14.6 Å². The average molecular weight is 252 g/mol. The Morgan fingerprint density at radius 3 is 2.94 bits per heavy atom. The highest BCUT2D eigenvalue weighted by atomic mass is 16.5. The number of aliphatic carboxylic acids is 1. The van der Waals surface area contributed by atoms with Crippen molar-refractivity contribution in [2.75, 3.05) is 7.11 Å². The third-order valence-electron chi connectivity index (χ3n) is 4.02. The molecule has 1 aliphatic rings. The number of imidazole rings is 1. The summed E-state index contributed by atoms with van der Waals surface area (Å²) in [6, 6.07) is 0. The number of hydrogen-bond acceptors (Lipinski definition) is 3. The smallest absolute Gasteiger partial charge is 0.306 e. The predicted molar refractivity (Wildman–Crippen MR) is 66.4 cm³/mol. The van der Waals surface area contributed by atoms with Crippen LogP contribution in [-0.2, 0) is 28.0 Å². The summed E-state index contributed by atoms with van der Waals surface area (Å²) in [6.45, 7) is 4.04. The Bertz CT molecular complexity index is 449.